The van der Waals surface area contributed by atoms with Gasteiger partial charge >= 0.3 is 0 Å². The van der Waals surface area contributed by atoms with Gasteiger partial charge in [0.25, 0.3) is 0 Å². The van der Waals surface area contributed by atoms with Crippen LogP contribution in [0, 0.1) is 5.92 Å². The van der Waals surface area contributed by atoms with E-state index in [9.17, 15) is 0 Å². The molecular weight excluding hydrogens is 256 g/mol. The summed E-state index contributed by atoms with van der Waals surface area (Å²) in [5.41, 5.74) is 1.43. The maximum Gasteiger partial charge on any atom is 0.0477 e. The zero-order chi connectivity index (χ0) is 15.1. The molecule has 21 heavy (non-hydrogen) atoms. The van der Waals surface area contributed by atoms with Crippen molar-refractivity contribution in [3.05, 3.63) is 35.9 Å². The van der Waals surface area contributed by atoms with E-state index in [1.807, 2.05) is 0 Å². The Labute approximate surface area is 130 Å². The van der Waals surface area contributed by atoms with Crippen molar-refractivity contribution in [3.8, 4) is 0 Å². The third kappa shape index (κ3) is 4.31. The molecule has 1 aliphatic rings. The summed E-state index contributed by atoms with van der Waals surface area (Å²) in [6, 6.07) is 12.0. The zero-order valence-electron chi connectivity index (χ0n) is 14.0. The second-order valence-corrected chi connectivity index (χ2v) is 6.31. The molecule has 2 atom stereocenters. The average molecular weight is 288 g/mol. The van der Waals surface area contributed by atoms with Gasteiger partial charge in [-0.2, -0.15) is 0 Å². The van der Waals surface area contributed by atoms with Gasteiger partial charge in [0.15, 0.2) is 0 Å². The fourth-order valence-corrected chi connectivity index (χ4v) is 3.57. The Bertz CT molecular complexity index is 386. The lowest BCUT2D eigenvalue weighted by molar-refractivity contribution is 0.110. The summed E-state index contributed by atoms with van der Waals surface area (Å²) in [5, 5.41) is 3.73. The molecule has 0 heterocycles. The number of nitrogens with zero attached hydrogens (tertiary/aromatic N) is 1. The summed E-state index contributed by atoms with van der Waals surface area (Å²) >= 11 is 0. The van der Waals surface area contributed by atoms with Crippen LogP contribution in [0.25, 0.3) is 0 Å². The lowest BCUT2D eigenvalue weighted by Crippen LogP contribution is -2.47. The van der Waals surface area contributed by atoms with Crippen LogP contribution in [0.2, 0.25) is 0 Å². The zero-order valence-corrected chi connectivity index (χ0v) is 14.0. The Morgan fingerprint density at radius 1 is 1.14 bits per heavy atom. The van der Waals surface area contributed by atoms with Crippen molar-refractivity contribution < 1.29 is 0 Å². The minimum Gasteiger partial charge on any atom is -0.309 e. The molecule has 0 aliphatic heterocycles. The SMILES string of the molecule is CCNC(c1ccccc1)C(CC)N(CC)CC1CCC1. The van der Waals surface area contributed by atoms with Gasteiger partial charge in [-0.1, -0.05) is 57.5 Å². The summed E-state index contributed by atoms with van der Waals surface area (Å²) in [4.78, 5) is 2.71. The van der Waals surface area contributed by atoms with Crippen molar-refractivity contribution in [2.45, 2.75) is 58.5 Å². The molecule has 2 nitrogen and oxygen atoms in total. The maximum absolute atomic E-state index is 3.73. The van der Waals surface area contributed by atoms with E-state index in [0.717, 1.165) is 19.0 Å². The van der Waals surface area contributed by atoms with Gasteiger partial charge < -0.3 is 5.32 Å². The molecule has 2 rings (SSSR count). The Hall–Kier alpha value is -0.860. The van der Waals surface area contributed by atoms with Gasteiger partial charge in [0.2, 0.25) is 0 Å². The number of hydrogen-bond donors (Lipinski definition) is 1. The molecule has 1 aromatic carbocycles. The number of nitrogens with one attached hydrogen (secondary N) is 1. The van der Waals surface area contributed by atoms with Crippen LogP contribution in [-0.2, 0) is 0 Å². The van der Waals surface area contributed by atoms with Gasteiger partial charge in [-0.15, -0.1) is 0 Å². The van der Waals surface area contributed by atoms with Gasteiger partial charge in [-0.05, 0) is 43.8 Å². The number of likely N-dealkylation sites (N-methyl/N-ethyl adjacent to an activating group) is 2. The van der Waals surface area contributed by atoms with Crippen LogP contribution in [0.1, 0.15) is 58.1 Å². The first-order valence-electron chi connectivity index (χ1n) is 8.82. The number of benzene rings is 1. The second-order valence-electron chi connectivity index (χ2n) is 6.31. The molecule has 118 valence electrons. The Kier molecular flexibility index (Phi) is 6.72. The summed E-state index contributed by atoms with van der Waals surface area (Å²) in [5.74, 6) is 0.942. The highest BCUT2D eigenvalue weighted by Gasteiger charge is 2.29. The van der Waals surface area contributed by atoms with Crippen LogP contribution in [-0.4, -0.2) is 30.6 Å². The van der Waals surface area contributed by atoms with Crippen molar-refractivity contribution in [1.29, 1.82) is 0 Å². The smallest absolute Gasteiger partial charge is 0.0477 e. The summed E-state index contributed by atoms with van der Waals surface area (Å²) in [6.45, 7) is 10.3. The van der Waals surface area contributed by atoms with Gasteiger partial charge in [-0.25, -0.2) is 0 Å². The van der Waals surface area contributed by atoms with Crippen molar-refractivity contribution in [1.82, 2.24) is 10.2 Å². The van der Waals surface area contributed by atoms with Crippen LogP contribution in [0.4, 0.5) is 0 Å². The fourth-order valence-electron chi connectivity index (χ4n) is 3.57. The van der Waals surface area contributed by atoms with Crippen molar-refractivity contribution in [2.75, 3.05) is 19.6 Å². The standard InChI is InChI=1S/C19H32N2/c1-4-18(21(6-3)15-16-11-10-12-16)19(20-5-2)17-13-8-7-9-14-17/h7-9,13-14,16,18-20H,4-6,10-12,15H2,1-3H3. The maximum atomic E-state index is 3.73. The highest BCUT2D eigenvalue weighted by atomic mass is 15.2. The quantitative estimate of drug-likeness (QED) is 0.731. The molecule has 0 saturated heterocycles. The van der Waals surface area contributed by atoms with Crippen molar-refractivity contribution in [3.63, 3.8) is 0 Å². The number of hydrogen-bond acceptors (Lipinski definition) is 2. The molecule has 2 unspecified atom stereocenters. The molecular formula is C19H32N2. The molecule has 1 fully saturated rings. The molecule has 1 aliphatic carbocycles. The summed E-state index contributed by atoms with van der Waals surface area (Å²) < 4.78 is 0. The van der Waals surface area contributed by atoms with E-state index in [0.29, 0.717) is 12.1 Å². The van der Waals surface area contributed by atoms with Crippen LogP contribution >= 0.6 is 0 Å². The molecule has 0 aromatic heterocycles. The molecule has 1 aromatic rings. The summed E-state index contributed by atoms with van der Waals surface area (Å²) in [7, 11) is 0. The lowest BCUT2D eigenvalue weighted by Gasteiger charge is -2.40. The van der Waals surface area contributed by atoms with Crippen molar-refractivity contribution >= 4 is 0 Å². The first-order chi connectivity index (χ1) is 10.3. The molecule has 1 saturated carbocycles. The molecule has 0 radical (unpaired) electrons. The normalized spacial score (nSPS) is 18.5. The fraction of sp³-hybridized carbons (Fsp3) is 0.684. The monoisotopic (exact) mass is 288 g/mol. The van der Waals surface area contributed by atoms with E-state index in [1.165, 1.54) is 37.8 Å². The Morgan fingerprint density at radius 2 is 1.86 bits per heavy atom. The van der Waals surface area contributed by atoms with Gasteiger partial charge in [-0.3, -0.25) is 4.90 Å². The van der Waals surface area contributed by atoms with Gasteiger partial charge in [0, 0.05) is 18.6 Å². The predicted octanol–water partition coefficient (Wildman–Crippen LogP) is 4.24. The van der Waals surface area contributed by atoms with E-state index in [2.05, 4.69) is 61.3 Å². The van der Waals surface area contributed by atoms with E-state index in [1.54, 1.807) is 0 Å². The molecule has 0 spiro atoms. The molecule has 2 heteroatoms. The Balaban J connectivity index is 2.12. The molecule has 0 bridgehead atoms. The van der Waals surface area contributed by atoms with Crippen molar-refractivity contribution in [2.24, 2.45) is 5.92 Å². The first-order valence-corrected chi connectivity index (χ1v) is 8.82. The largest absolute Gasteiger partial charge is 0.309 e. The average Bonchev–Trinajstić information content (AvgIpc) is 2.49. The third-order valence-electron chi connectivity index (χ3n) is 4.98. The Morgan fingerprint density at radius 3 is 2.33 bits per heavy atom. The minimum atomic E-state index is 0.446. The molecule has 0 amide bonds. The van der Waals surface area contributed by atoms with E-state index < -0.39 is 0 Å². The van der Waals surface area contributed by atoms with Gasteiger partial charge in [0.1, 0.15) is 0 Å². The first kappa shape index (κ1) is 16.5. The molecule has 1 N–H and O–H groups in total. The van der Waals surface area contributed by atoms with Crippen LogP contribution < -0.4 is 5.32 Å². The highest BCUT2D eigenvalue weighted by Crippen LogP contribution is 2.30. The number of rotatable bonds is 9. The van der Waals surface area contributed by atoms with E-state index in [4.69, 9.17) is 0 Å². The van der Waals surface area contributed by atoms with Crippen LogP contribution in [0.5, 0.6) is 0 Å². The van der Waals surface area contributed by atoms with Crippen LogP contribution in [0.15, 0.2) is 30.3 Å². The second kappa shape index (κ2) is 8.55. The highest BCUT2D eigenvalue weighted by molar-refractivity contribution is 5.20. The third-order valence-corrected chi connectivity index (χ3v) is 4.98. The summed E-state index contributed by atoms with van der Waals surface area (Å²) in [6.07, 6.45) is 5.51. The van der Waals surface area contributed by atoms with E-state index >= 15 is 0 Å². The van der Waals surface area contributed by atoms with E-state index in [-0.39, 0.29) is 0 Å². The topological polar surface area (TPSA) is 15.3 Å². The predicted molar refractivity (Wildman–Crippen MR) is 91.5 cm³/mol. The lowest BCUT2D eigenvalue weighted by atomic mass is 9.84. The minimum absolute atomic E-state index is 0.446. The van der Waals surface area contributed by atoms with Crippen LogP contribution in [0.3, 0.4) is 0 Å². The van der Waals surface area contributed by atoms with Gasteiger partial charge in [0.05, 0.1) is 0 Å².